The van der Waals surface area contributed by atoms with Gasteiger partial charge in [0.25, 0.3) is 11.8 Å². The molecule has 8 heteroatoms. The van der Waals surface area contributed by atoms with Gasteiger partial charge in [0.15, 0.2) is 0 Å². The molecule has 5 rings (SSSR count). The third-order valence-electron chi connectivity index (χ3n) is 7.14. The standard InChI is InChI=1S/C36H28N2O6/c39-33(29-16-5-1-12-25(29)27-14-3-7-18-31(27)35(41)42)37-21-23-10-9-11-24(20-23)22-38-34(40)30-17-6-2-13-26(30)28-15-4-8-19-32(28)36(43)44/h1-20H,21-22H2,(H,37,39)(H,38,40)(H,41,42)(H,43,44). The molecule has 0 aliphatic heterocycles. The molecule has 0 atom stereocenters. The van der Waals surface area contributed by atoms with Crippen LogP contribution in [0.15, 0.2) is 121 Å². The van der Waals surface area contributed by atoms with Crippen LogP contribution in [-0.2, 0) is 13.1 Å². The van der Waals surface area contributed by atoms with Gasteiger partial charge in [-0.1, -0.05) is 97.1 Å². The number of carboxylic acid groups (broad SMARTS) is 2. The molecule has 0 heterocycles. The number of carbonyl (C=O) groups is 4. The molecule has 218 valence electrons. The van der Waals surface area contributed by atoms with Crippen LogP contribution in [0.2, 0.25) is 0 Å². The van der Waals surface area contributed by atoms with Crippen LogP contribution in [0, 0.1) is 0 Å². The molecule has 8 nitrogen and oxygen atoms in total. The summed E-state index contributed by atoms with van der Waals surface area (Å²) >= 11 is 0. The third kappa shape index (κ3) is 6.55. The predicted molar refractivity (Wildman–Crippen MR) is 166 cm³/mol. The smallest absolute Gasteiger partial charge is 0.336 e. The Kier molecular flexibility index (Phi) is 8.91. The molecule has 0 aromatic heterocycles. The molecular weight excluding hydrogens is 556 g/mol. The van der Waals surface area contributed by atoms with Gasteiger partial charge < -0.3 is 20.8 Å². The average Bonchev–Trinajstić information content (AvgIpc) is 3.06. The lowest BCUT2D eigenvalue weighted by atomic mass is 9.95. The summed E-state index contributed by atoms with van der Waals surface area (Å²) in [5, 5.41) is 25.1. The molecule has 44 heavy (non-hydrogen) atoms. The molecule has 5 aromatic rings. The highest BCUT2D eigenvalue weighted by molar-refractivity contribution is 6.05. The fourth-order valence-corrected chi connectivity index (χ4v) is 5.05. The minimum Gasteiger partial charge on any atom is -0.478 e. The van der Waals surface area contributed by atoms with E-state index in [1.54, 1.807) is 84.9 Å². The molecule has 0 unspecified atom stereocenters. The van der Waals surface area contributed by atoms with Crippen LogP contribution in [0.4, 0.5) is 0 Å². The van der Waals surface area contributed by atoms with E-state index in [2.05, 4.69) is 10.6 Å². The predicted octanol–water partition coefficient (Wildman–Crippen LogP) is 6.28. The van der Waals surface area contributed by atoms with E-state index in [9.17, 15) is 29.4 Å². The van der Waals surface area contributed by atoms with Gasteiger partial charge in [-0.2, -0.15) is 0 Å². The quantitative estimate of drug-likeness (QED) is 0.153. The van der Waals surface area contributed by atoms with Crippen molar-refractivity contribution in [3.8, 4) is 22.3 Å². The summed E-state index contributed by atoms with van der Waals surface area (Å²) in [7, 11) is 0. The van der Waals surface area contributed by atoms with Crippen molar-refractivity contribution in [2.75, 3.05) is 0 Å². The van der Waals surface area contributed by atoms with Crippen LogP contribution in [0.5, 0.6) is 0 Å². The second-order valence-electron chi connectivity index (χ2n) is 9.98. The van der Waals surface area contributed by atoms with Crippen molar-refractivity contribution in [3.63, 3.8) is 0 Å². The number of aromatic carboxylic acids is 2. The maximum absolute atomic E-state index is 13.2. The molecule has 0 aliphatic rings. The van der Waals surface area contributed by atoms with Crippen LogP contribution >= 0.6 is 0 Å². The Morgan fingerprint density at radius 3 is 1.11 bits per heavy atom. The maximum Gasteiger partial charge on any atom is 0.336 e. The molecule has 0 saturated carbocycles. The first-order chi connectivity index (χ1) is 21.3. The normalized spacial score (nSPS) is 10.5. The summed E-state index contributed by atoms with van der Waals surface area (Å²) in [5.41, 5.74) is 4.49. The molecule has 5 aromatic carbocycles. The first-order valence-corrected chi connectivity index (χ1v) is 13.8. The lowest BCUT2D eigenvalue weighted by Crippen LogP contribution is -2.25. The van der Waals surface area contributed by atoms with Gasteiger partial charge in [0.1, 0.15) is 0 Å². The van der Waals surface area contributed by atoms with Crippen molar-refractivity contribution < 1.29 is 29.4 Å². The first-order valence-electron chi connectivity index (χ1n) is 13.8. The summed E-state index contributed by atoms with van der Waals surface area (Å²) in [4.78, 5) is 50.0. The fraction of sp³-hybridized carbons (Fsp3) is 0.0556. The zero-order valence-corrected chi connectivity index (χ0v) is 23.5. The van der Waals surface area contributed by atoms with Gasteiger partial charge in [0.05, 0.1) is 11.1 Å². The van der Waals surface area contributed by atoms with Gasteiger partial charge >= 0.3 is 11.9 Å². The SMILES string of the molecule is O=C(O)c1ccccc1-c1ccccc1C(=O)NCc1cccc(CNC(=O)c2ccccc2-c2ccccc2C(=O)O)c1. The molecule has 2 amide bonds. The van der Waals surface area contributed by atoms with Crippen molar-refractivity contribution in [1.29, 1.82) is 0 Å². The Morgan fingerprint density at radius 2 is 0.750 bits per heavy atom. The molecule has 4 N–H and O–H groups in total. The number of benzene rings is 5. The van der Waals surface area contributed by atoms with Crippen molar-refractivity contribution in [2.45, 2.75) is 13.1 Å². The minimum atomic E-state index is -1.08. The first kappa shape index (κ1) is 29.5. The Hall–Kier alpha value is -6.02. The molecular formula is C36H28N2O6. The second-order valence-corrected chi connectivity index (χ2v) is 9.98. The zero-order valence-electron chi connectivity index (χ0n) is 23.5. The Labute approximate surface area is 253 Å². The number of rotatable bonds is 10. The van der Waals surface area contributed by atoms with Crippen LogP contribution in [0.3, 0.4) is 0 Å². The number of hydrogen-bond donors (Lipinski definition) is 4. The third-order valence-corrected chi connectivity index (χ3v) is 7.14. The Morgan fingerprint density at radius 1 is 0.432 bits per heavy atom. The number of carbonyl (C=O) groups excluding carboxylic acids is 2. The number of nitrogens with one attached hydrogen (secondary N) is 2. The summed E-state index contributed by atoms with van der Waals surface area (Å²) in [6.07, 6.45) is 0. The molecule has 0 fully saturated rings. The zero-order chi connectivity index (χ0) is 31.1. The number of amides is 2. The van der Waals surface area contributed by atoms with Crippen molar-refractivity contribution >= 4 is 23.8 Å². The molecule has 0 radical (unpaired) electrons. The summed E-state index contributed by atoms with van der Waals surface area (Å²) in [6, 6.07) is 34.2. The highest BCUT2D eigenvalue weighted by Crippen LogP contribution is 2.29. The summed E-state index contributed by atoms with van der Waals surface area (Å²) in [6.45, 7) is 0.425. The van der Waals surface area contributed by atoms with Crippen LogP contribution < -0.4 is 10.6 Å². The van der Waals surface area contributed by atoms with Gasteiger partial charge in [-0.15, -0.1) is 0 Å². The van der Waals surface area contributed by atoms with E-state index in [0.29, 0.717) is 33.4 Å². The largest absolute Gasteiger partial charge is 0.478 e. The van der Waals surface area contributed by atoms with Crippen LogP contribution in [-0.4, -0.2) is 34.0 Å². The molecule has 0 aliphatic carbocycles. The fourth-order valence-electron chi connectivity index (χ4n) is 5.05. The van der Waals surface area contributed by atoms with Gasteiger partial charge in [-0.25, -0.2) is 9.59 Å². The van der Waals surface area contributed by atoms with E-state index < -0.39 is 11.9 Å². The maximum atomic E-state index is 13.2. The van der Waals surface area contributed by atoms with Crippen molar-refractivity contribution in [3.05, 3.63) is 155 Å². The highest BCUT2D eigenvalue weighted by atomic mass is 16.4. The van der Waals surface area contributed by atoms with E-state index in [4.69, 9.17) is 0 Å². The van der Waals surface area contributed by atoms with Crippen molar-refractivity contribution in [1.82, 2.24) is 10.6 Å². The Bertz CT molecular complexity index is 1750. The van der Waals surface area contributed by atoms with E-state index in [-0.39, 0.29) is 36.0 Å². The van der Waals surface area contributed by atoms with E-state index in [0.717, 1.165) is 11.1 Å². The lowest BCUT2D eigenvalue weighted by molar-refractivity contribution is 0.0687. The van der Waals surface area contributed by atoms with Crippen LogP contribution in [0.25, 0.3) is 22.3 Å². The Balaban J connectivity index is 1.27. The monoisotopic (exact) mass is 584 g/mol. The van der Waals surface area contributed by atoms with E-state index in [1.807, 2.05) is 24.3 Å². The lowest BCUT2D eigenvalue weighted by Gasteiger charge is -2.14. The average molecular weight is 585 g/mol. The summed E-state index contributed by atoms with van der Waals surface area (Å²) in [5.74, 6) is -2.85. The molecule has 0 spiro atoms. The van der Waals surface area contributed by atoms with E-state index in [1.165, 1.54) is 12.1 Å². The number of carboxylic acids is 2. The van der Waals surface area contributed by atoms with Crippen LogP contribution in [0.1, 0.15) is 52.6 Å². The van der Waals surface area contributed by atoms with Gasteiger partial charge in [-0.3, -0.25) is 9.59 Å². The van der Waals surface area contributed by atoms with Gasteiger partial charge in [-0.05, 0) is 57.6 Å². The number of hydrogen-bond acceptors (Lipinski definition) is 4. The summed E-state index contributed by atoms with van der Waals surface area (Å²) < 4.78 is 0. The minimum absolute atomic E-state index is 0.108. The second kappa shape index (κ2) is 13.3. The van der Waals surface area contributed by atoms with Gasteiger partial charge in [0, 0.05) is 24.2 Å². The topological polar surface area (TPSA) is 133 Å². The molecule has 0 bridgehead atoms. The molecule has 0 saturated heterocycles. The highest BCUT2D eigenvalue weighted by Gasteiger charge is 2.19. The van der Waals surface area contributed by atoms with Gasteiger partial charge in [0.2, 0.25) is 0 Å². The van der Waals surface area contributed by atoms with E-state index >= 15 is 0 Å². The van der Waals surface area contributed by atoms with Crippen molar-refractivity contribution in [2.24, 2.45) is 0 Å².